The highest BCUT2D eigenvalue weighted by atomic mass is 16.6. The van der Waals surface area contributed by atoms with Crippen molar-refractivity contribution in [2.24, 2.45) is 5.73 Å². The fourth-order valence-corrected chi connectivity index (χ4v) is 1.51. The number of carbonyl (C=O) groups excluding carboxylic acids is 2. The molecule has 0 atom stereocenters. The van der Waals surface area contributed by atoms with Crippen molar-refractivity contribution >= 4 is 12.0 Å². The van der Waals surface area contributed by atoms with Crippen LogP contribution < -0.4 is 11.1 Å². The highest BCUT2D eigenvalue weighted by Gasteiger charge is 2.29. The Morgan fingerprint density at radius 3 is 2.59 bits per heavy atom. The second kappa shape index (κ2) is 9.04. The SMILES string of the molecule is CC(C)(OC(=O)NCC[CH]COCc1ccccc1)C(N)=O. The van der Waals surface area contributed by atoms with Crippen molar-refractivity contribution in [2.75, 3.05) is 13.2 Å². The molecule has 0 spiro atoms. The first-order valence-electron chi connectivity index (χ1n) is 7.12. The fourth-order valence-electron chi connectivity index (χ4n) is 1.51. The molecule has 0 saturated heterocycles. The van der Waals surface area contributed by atoms with Gasteiger partial charge in [0, 0.05) is 6.54 Å². The van der Waals surface area contributed by atoms with Gasteiger partial charge in [-0.2, -0.15) is 0 Å². The van der Waals surface area contributed by atoms with Gasteiger partial charge in [-0.25, -0.2) is 4.79 Å². The predicted octanol–water partition coefficient (Wildman–Crippen LogP) is 1.79. The van der Waals surface area contributed by atoms with E-state index in [0.717, 1.165) is 5.56 Å². The summed E-state index contributed by atoms with van der Waals surface area (Å²) in [6, 6.07) is 9.88. The zero-order chi connectivity index (χ0) is 16.4. The van der Waals surface area contributed by atoms with Gasteiger partial charge in [-0.3, -0.25) is 4.79 Å². The van der Waals surface area contributed by atoms with Crippen LogP contribution >= 0.6 is 0 Å². The quantitative estimate of drug-likeness (QED) is 0.680. The monoisotopic (exact) mass is 307 g/mol. The van der Waals surface area contributed by atoms with E-state index in [2.05, 4.69) is 5.32 Å². The van der Waals surface area contributed by atoms with Crippen molar-refractivity contribution in [3.8, 4) is 0 Å². The Labute approximate surface area is 131 Å². The van der Waals surface area contributed by atoms with Gasteiger partial charge < -0.3 is 20.5 Å². The first-order valence-corrected chi connectivity index (χ1v) is 7.12. The number of nitrogens with one attached hydrogen (secondary N) is 1. The van der Waals surface area contributed by atoms with Gasteiger partial charge in [0.1, 0.15) is 0 Å². The van der Waals surface area contributed by atoms with Crippen molar-refractivity contribution in [2.45, 2.75) is 32.5 Å². The average Bonchev–Trinajstić information content (AvgIpc) is 2.46. The van der Waals surface area contributed by atoms with Gasteiger partial charge in [0.25, 0.3) is 5.91 Å². The van der Waals surface area contributed by atoms with Crippen molar-refractivity contribution < 1.29 is 19.1 Å². The molecule has 0 unspecified atom stereocenters. The third-order valence-corrected chi connectivity index (χ3v) is 2.91. The van der Waals surface area contributed by atoms with Crippen LogP contribution in [-0.2, 0) is 20.9 Å². The van der Waals surface area contributed by atoms with Crippen molar-refractivity contribution in [1.29, 1.82) is 0 Å². The highest BCUT2D eigenvalue weighted by Crippen LogP contribution is 2.07. The van der Waals surface area contributed by atoms with Crippen LogP contribution in [0.15, 0.2) is 30.3 Å². The summed E-state index contributed by atoms with van der Waals surface area (Å²) in [6.45, 7) is 4.34. The largest absolute Gasteiger partial charge is 0.433 e. The lowest BCUT2D eigenvalue weighted by Crippen LogP contribution is -2.44. The van der Waals surface area contributed by atoms with Crippen LogP contribution in [0.5, 0.6) is 0 Å². The maximum absolute atomic E-state index is 11.5. The minimum absolute atomic E-state index is 0.405. The number of hydrogen-bond acceptors (Lipinski definition) is 4. The molecule has 6 heteroatoms. The Bertz CT molecular complexity index is 474. The number of carbonyl (C=O) groups is 2. The maximum Gasteiger partial charge on any atom is 0.408 e. The van der Waals surface area contributed by atoms with E-state index in [4.69, 9.17) is 15.2 Å². The molecule has 0 aliphatic heterocycles. The van der Waals surface area contributed by atoms with E-state index in [1.807, 2.05) is 36.8 Å². The predicted molar refractivity (Wildman–Crippen MR) is 82.8 cm³/mol. The van der Waals surface area contributed by atoms with Gasteiger partial charge >= 0.3 is 6.09 Å². The maximum atomic E-state index is 11.5. The van der Waals surface area contributed by atoms with Gasteiger partial charge in [0.2, 0.25) is 0 Å². The van der Waals surface area contributed by atoms with Crippen LogP contribution in [0.3, 0.4) is 0 Å². The molecule has 3 N–H and O–H groups in total. The normalized spacial score (nSPS) is 11.0. The molecule has 1 rings (SSSR count). The lowest BCUT2D eigenvalue weighted by Gasteiger charge is -2.21. The number of alkyl carbamates (subject to hydrolysis) is 1. The Morgan fingerprint density at radius 1 is 1.27 bits per heavy atom. The number of primary amides is 1. The smallest absolute Gasteiger partial charge is 0.408 e. The fraction of sp³-hybridized carbons (Fsp3) is 0.438. The number of ether oxygens (including phenoxy) is 2. The lowest BCUT2D eigenvalue weighted by atomic mass is 10.1. The summed E-state index contributed by atoms with van der Waals surface area (Å²) in [5, 5.41) is 2.55. The molecule has 0 aliphatic carbocycles. The van der Waals surface area contributed by atoms with Crippen LogP contribution in [0.4, 0.5) is 4.79 Å². The van der Waals surface area contributed by atoms with Crippen molar-refractivity contribution in [1.82, 2.24) is 5.32 Å². The number of rotatable bonds is 9. The van der Waals surface area contributed by atoms with E-state index in [1.165, 1.54) is 13.8 Å². The summed E-state index contributed by atoms with van der Waals surface area (Å²) < 4.78 is 10.4. The van der Waals surface area contributed by atoms with Crippen LogP contribution in [-0.4, -0.2) is 30.8 Å². The first-order chi connectivity index (χ1) is 10.4. The Kier molecular flexibility index (Phi) is 7.39. The molecular formula is C16H23N2O4. The van der Waals surface area contributed by atoms with Crippen LogP contribution in [0.2, 0.25) is 0 Å². The number of nitrogens with two attached hydrogens (primary N) is 1. The Balaban J connectivity index is 2.03. The summed E-state index contributed by atoms with van der Waals surface area (Å²) in [7, 11) is 0. The minimum Gasteiger partial charge on any atom is -0.433 e. The van der Waals surface area contributed by atoms with Crippen molar-refractivity contribution in [3.05, 3.63) is 42.3 Å². The summed E-state index contributed by atoms with van der Waals surface area (Å²) in [6.07, 6.45) is 1.89. The van der Waals surface area contributed by atoms with E-state index >= 15 is 0 Å². The molecule has 0 fully saturated rings. The number of benzene rings is 1. The van der Waals surface area contributed by atoms with E-state index in [-0.39, 0.29) is 0 Å². The zero-order valence-electron chi connectivity index (χ0n) is 13.0. The van der Waals surface area contributed by atoms with Crippen molar-refractivity contribution in [3.63, 3.8) is 0 Å². The van der Waals surface area contributed by atoms with Gasteiger partial charge in [0.15, 0.2) is 5.60 Å². The zero-order valence-corrected chi connectivity index (χ0v) is 13.0. The summed E-state index contributed by atoms with van der Waals surface area (Å²) in [5.41, 5.74) is 4.91. The molecular weight excluding hydrogens is 284 g/mol. The summed E-state index contributed by atoms with van der Waals surface area (Å²) in [5.74, 6) is -0.691. The molecule has 1 radical (unpaired) electrons. The third kappa shape index (κ3) is 7.08. The average molecular weight is 307 g/mol. The third-order valence-electron chi connectivity index (χ3n) is 2.91. The topological polar surface area (TPSA) is 90.7 Å². The molecule has 0 bridgehead atoms. The molecule has 0 aliphatic rings. The molecule has 22 heavy (non-hydrogen) atoms. The van der Waals surface area contributed by atoms with E-state index in [1.54, 1.807) is 0 Å². The molecule has 121 valence electrons. The summed E-state index contributed by atoms with van der Waals surface area (Å²) >= 11 is 0. The first kappa shape index (κ1) is 18.0. The second-order valence-corrected chi connectivity index (χ2v) is 5.27. The minimum atomic E-state index is -1.31. The molecule has 0 aromatic heterocycles. The molecule has 2 amide bonds. The van der Waals surface area contributed by atoms with Gasteiger partial charge in [-0.05, 0) is 32.3 Å². The van der Waals surface area contributed by atoms with Crippen LogP contribution in [0.1, 0.15) is 25.8 Å². The Hall–Kier alpha value is -2.08. The second-order valence-electron chi connectivity index (χ2n) is 5.27. The van der Waals surface area contributed by atoms with Gasteiger partial charge in [-0.1, -0.05) is 30.3 Å². The van der Waals surface area contributed by atoms with Gasteiger partial charge in [0.05, 0.1) is 13.2 Å². The van der Waals surface area contributed by atoms with E-state index in [9.17, 15) is 9.59 Å². The number of hydrogen-bond donors (Lipinski definition) is 2. The van der Waals surface area contributed by atoms with Gasteiger partial charge in [-0.15, -0.1) is 0 Å². The molecule has 0 heterocycles. The molecule has 1 aromatic carbocycles. The van der Waals surface area contributed by atoms with Crippen LogP contribution in [0, 0.1) is 6.42 Å². The number of unbranched alkanes of at least 4 members (excludes halogenated alkanes) is 1. The number of amides is 2. The summed E-state index contributed by atoms with van der Waals surface area (Å²) in [4.78, 5) is 22.5. The molecule has 0 saturated carbocycles. The molecule has 6 nitrogen and oxygen atoms in total. The Morgan fingerprint density at radius 2 is 1.95 bits per heavy atom. The molecule has 1 aromatic rings. The van der Waals surface area contributed by atoms with E-state index < -0.39 is 17.6 Å². The highest BCUT2D eigenvalue weighted by molar-refractivity contribution is 5.85. The standard InChI is InChI=1S/C16H23N2O4/c1-16(2,14(17)19)22-15(20)18-10-6-7-11-21-12-13-8-4-3-5-9-13/h3-5,7-9H,6,10-12H2,1-2H3,(H2,17,19)(H,18,20). The van der Waals surface area contributed by atoms with E-state index in [0.29, 0.717) is 26.2 Å². The van der Waals surface area contributed by atoms with Crippen LogP contribution in [0.25, 0.3) is 0 Å². The lowest BCUT2D eigenvalue weighted by molar-refractivity contribution is -0.133.